The molecule has 2 rings (SSSR count). The third-order valence-corrected chi connectivity index (χ3v) is 6.27. The molecule has 1 unspecified atom stereocenters. The molecule has 0 bridgehead atoms. The first-order valence-electron chi connectivity index (χ1n) is 8.49. The highest BCUT2D eigenvalue weighted by atomic mass is 35.5. The highest BCUT2D eigenvalue weighted by Gasteiger charge is 2.31. The van der Waals surface area contributed by atoms with Crippen LogP contribution in [0.4, 0.5) is 0 Å². The number of rotatable bonds is 8. The smallest absolute Gasteiger partial charge is 0.248 e. The van der Waals surface area contributed by atoms with Crippen molar-refractivity contribution >= 4 is 22.4 Å². The van der Waals surface area contributed by atoms with Crippen LogP contribution in [-0.4, -0.2) is 42.3 Å². The first kappa shape index (κ1) is 22.8. The second-order valence-corrected chi connectivity index (χ2v) is 7.87. The molecule has 1 saturated carbocycles. The maximum Gasteiger partial charge on any atom is 0.248 e. The average Bonchev–Trinajstić information content (AvgIpc) is 2.65. The van der Waals surface area contributed by atoms with Gasteiger partial charge in [0.25, 0.3) is 0 Å². The van der Waals surface area contributed by atoms with Crippen LogP contribution < -0.4 is 24.7 Å². The van der Waals surface area contributed by atoms with Crippen molar-refractivity contribution in [2.24, 2.45) is 11.7 Å². The standard InChI is InChI=1S/C17H28N2O5S.ClH/c1-22-13-9-15(23-2)17(16(10-13)24-3)25(20,21)19-14(11-18)12-7-5-4-6-8-12;/h9-10,12,14,19H,4-8,11,18H2,1-3H3;1H. The van der Waals surface area contributed by atoms with Crippen LogP contribution in [0, 0.1) is 5.92 Å². The molecule has 26 heavy (non-hydrogen) atoms. The molecule has 1 aromatic rings. The van der Waals surface area contributed by atoms with Gasteiger partial charge in [0, 0.05) is 24.7 Å². The fourth-order valence-electron chi connectivity index (χ4n) is 3.37. The van der Waals surface area contributed by atoms with Gasteiger partial charge in [-0.25, -0.2) is 13.1 Å². The molecule has 1 aliphatic carbocycles. The molecular weight excluding hydrogens is 380 g/mol. The number of nitrogens with one attached hydrogen (secondary N) is 1. The van der Waals surface area contributed by atoms with E-state index in [9.17, 15) is 8.42 Å². The van der Waals surface area contributed by atoms with Gasteiger partial charge in [-0.1, -0.05) is 19.3 Å². The lowest BCUT2D eigenvalue weighted by atomic mass is 9.84. The van der Waals surface area contributed by atoms with Crippen molar-refractivity contribution in [1.29, 1.82) is 0 Å². The number of hydrogen-bond acceptors (Lipinski definition) is 6. The summed E-state index contributed by atoms with van der Waals surface area (Å²) in [5.74, 6) is 1.05. The van der Waals surface area contributed by atoms with Crippen LogP contribution in [0.15, 0.2) is 17.0 Å². The van der Waals surface area contributed by atoms with Crippen molar-refractivity contribution in [1.82, 2.24) is 4.72 Å². The molecule has 0 aliphatic heterocycles. The number of benzene rings is 1. The maximum absolute atomic E-state index is 13.0. The number of hydrogen-bond donors (Lipinski definition) is 2. The van der Waals surface area contributed by atoms with Crippen LogP contribution in [0.25, 0.3) is 0 Å². The Morgan fingerprint density at radius 2 is 1.62 bits per heavy atom. The van der Waals surface area contributed by atoms with E-state index >= 15 is 0 Å². The third-order valence-electron chi connectivity index (χ3n) is 4.72. The largest absolute Gasteiger partial charge is 0.496 e. The summed E-state index contributed by atoms with van der Waals surface area (Å²) in [6, 6.07) is 2.74. The van der Waals surface area contributed by atoms with Crippen molar-refractivity contribution < 1.29 is 22.6 Å². The lowest BCUT2D eigenvalue weighted by Crippen LogP contribution is -2.45. The molecule has 0 radical (unpaired) electrons. The van der Waals surface area contributed by atoms with E-state index in [4.69, 9.17) is 19.9 Å². The van der Waals surface area contributed by atoms with Gasteiger partial charge in [0.2, 0.25) is 10.0 Å². The first-order valence-corrected chi connectivity index (χ1v) is 9.97. The van der Waals surface area contributed by atoms with Crippen LogP contribution in [0.2, 0.25) is 0 Å². The Morgan fingerprint density at radius 3 is 2.04 bits per heavy atom. The van der Waals surface area contributed by atoms with Gasteiger partial charge in [-0.15, -0.1) is 12.4 Å². The van der Waals surface area contributed by atoms with Gasteiger partial charge in [0.1, 0.15) is 17.2 Å². The third kappa shape index (κ3) is 5.16. The molecule has 1 atom stereocenters. The summed E-state index contributed by atoms with van der Waals surface area (Å²) in [5.41, 5.74) is 5.87. The molecule has 3 N–H and O–H groups in total. The fourth-order valence-corrected chi connectivity index (χ4v) is 4.99. The monoisotopic (exact) mass is 408 g/mol. The Labute approximate surface area is 162 Å². The second-order valence-electron chi connectivity index (χ2n) is 6.22. The van der Waals surface area contributed by atoms with Gasteiger partial charge < -0.3 is 19.9 Å². The van der Waals surface area contributed by atoms with Gasteiger partial charge in [-0.05, 0) is 18.8 Å². The van der Waals surface area contributed by atoms with E-state index < -0.39 is 10.0 Å². The highest BCUT2D eigenvalue weighted by Crippen LogP contribution is 2.38. The van der Waals surface area contributed by atoms with Crippen molar-refractivity contribution in [2.45, 2.75) is 43.0 Å². The summed E-state index contributed by atoms with van der Waals surface area (Å²) >= 11 is 0. The highest BCUT2D eigenvalue weighted by molar-refractivity contribution is 7.89. The molecule has 9 heteroatoms. The van der Waals surface area contributed by atoms with Crippen molar-refractivity contribution in [2.75, 3.05) is 27.9 Å². The van der Waals surface area contributed by atoms with E-state index in [1.54, 1.807) is 0 Å². The van der Waals surface area contributed by atoms with Gasteiger partial charge in [0.05, 0.1) is 21.3 Å². The molecule has 1 aromatic carbocycles. The van der Waals surface area contributed by atoms with E-state index in [2.05, 4.69) is 4.72 Å². The first-order chi connectivity index (χ1) is 12.0. The van der Waals surface area contributed by atoms with Crippen molar-refractivity contribution in [3.8, 4) is 17.2 Å². The zero-order valence-corrected chi connectivity index (χ0v) is 17.1. The van der Waals surface area contributed by atoms with E-state index in [0.717, 1.165) is 25.7 Å². The lowest BCUT2D eigenvalue weighted by Gasteiger charge is -2.30. The number of halogens is 1. The summed E-state index contributed by atoms with van der Waals surface area (Å²) < 4.78 is 44.5. The van der Waals surface area contributed by atoms with E-state index in [0.29, 0.717) is 5.75 Å². The molecule has 150 valence electrons. The number of methoxy groups -OCH3 is 3. The maximum atomic E-state index is 13.0. The van der Waals surface area contributed by atoms with Crippen LogP contribution in [0.1, 0.15) is 32.1 Å². The molecule has 1 aliphatic rings. The minimum absolute atomic E-state index is 0. The second kappa shape index (κ2) is 10.2. The number of sulfonamides is 1. The number of nitrogens with two attached hydrogens (primary N) is 1. The lowest BCUT2D eigenvalue weighted by molar-refractivity contribution is 0.293. The fraction of sp³-hybridized carbons (Fsp3) is 0.647. The molecule has 7 nitrogen and oxygen atoms in total. The predicted octanol–water partition coefficient (Wildman–Crippen LogP) is 2.32. The normalized spacial score (nSPS) is 16.5. The Hall–Kier alpha value is -1.22. The quantitative estimate of drug-likeness (QED) is 0.684. The zero-order valence-electron chi connectivity index (χ0n) is 15.5. The van der Waals surface area contributed by atoms with Crippen LogP contribution in [0.3, 0.4) is 0 Å². The summed E-state index contributed by atoms with van der Waals surface area (Å²) in [5, 5.41) is 0. The van der Waals surface area contributed by atoms with Crippen LogP contribution in [0.5, 0.6) is 17.2 Å². The van der Waals surface area contributed by atoms with Gasteiger partial charge in [0.15, 0.2) is 4.90 Å². The van der Waals surface area contributed by atoms with E-state index in [1.165, 1.54) is 39.9 Å². The van der Waals surface area contributed by atoms with Crippen LogP contribution >= 0.6 is 12.4 Å². The molecule has 0 spiro atoms. The number of ether oxygens (including phenoxy) is 3. The summed E-state index contributed by atoms with van der Waals surface area (Å²) in [6.07, 6.45) is 5.39. The average molecular weight is 409 g/mol. The Kier molecular flexibility index (Phi) is 8.95. The van der Waals surface area contributed by atoms with E-state index in [1.807, 2.05) is 0 Å². The van der Waals surface area contributed by atoms with Gasteiger partial charge in [-0.2, -0.15) is 0 Å². The molecular formula is C17H29ClN2O5S. The minimum atomic E-state index is -3.87. The summed E-state index contributed by atoms with van der Waals surface area (Å²) in [7, 11) is 0.450. The van der Waals surface area contributed by atoms with Crippen molar-refractivity contribution in [3.05, 3.63) is 12.1 Å². The Morgan fingerprint density at radius 1 is 1.08 bits per heavy atom. The molecule has 0 heterocycles. The Bertz CT molecular complexity index is 653. The van der Waals surface area contributed by atoms with E-state index in [-0.39, 0.29) is 47.3 Å². The predicted molar refractivity (Wildman–Crippen MR) is 103 cm³/mol. The molecule has 0 amide bonds. The zero-order chi connectivity index (χ0) is 18.4. The van der Waals surface area contributed by atoms with Crippen molar-refractivity contribution in [3.63, 3.8) is 0 Å². The SMILES string of the molecule is COc1cc(OC)c(S(=O)(=O)NC(CN)C2CCCCC2)c(OC)c1.Cl. The van der Waals surface area contributed by atoms with Crippen LogP contribution in [-0.2, 0) is 10.0 Å². The summed E-state index contributed by atoms with van der Waals surface area (Å²) in [4.78, 5) is -0.0347. The molecule has 0 aromatic heterocycles. The Balaban J connectivity index is 0.00000338. The topological polar surface area (TPSA) is 99.9 Å². The van der Waals surface area contributed by atoms with Gasteiger partial charge >= 0.3 is 0 Å². The molecule has 0 saturated heterocycles. The van der Waals surface area contributed by atoms with Gasteiger partial charge in [-0.3, -0.25) is 0 Å². The molecule has 1 fully saturated rings. The summed E-state index contributed by atoms with van der Waals surface area (Å²) in [6.45, 7) is 0.255. The minimum Gasteiger partial charge on any atom is -0.496 e.